The Kier molecular flexibility index (Phi) is 5.10. The summed E-state index contributed by atoms with van der Waals surface area (Å²) in [5.74, 6) is 2.74. The van der Waals surface area contributed by atoms with Gasteiger partial charge in [-0.15, -0.1) is 0 Å². The van der Waals surface area contributed by atoms with Gasteiger partial charge in [-0.05, 0) is 35.7 Å². The van der Waals surface area contributed by atoms with Gasteiger partial charge in [0.05, 0.1) is 0 Å². The molecule has 0 amide bonds. The van der Waals surface area contributed by atoms with Gasteiger partial charge in [-0.2, -0.15) is 0 Å². The molecular formula is C22H24N6. The molecule has 0 radical (unpaired) electrons. The third-order valence-electron chi connectivity index (χ3n) is 4.71. The summed E-state index contributed by atoms with van der Waals surface area (Å²) in [6.07, 6.45) is 2.00. The molecule has 0 saturated heterocycles. The second-order valence-electron chi connectivity index (χ2n) is 6.79. The monoisotopic (exact) mass is 372 g/mol. The highest BCUT2D eigenvalue weighted by Crippen LogP contribution is 2.24. The van der Waals surface area contributed by atoms with Crippen molar-refractivity contribution in [1.29, 1.82) is 0 Å². The molecule has 6 N–H and O–H groups in total. The van der Waals surface area contributed by atoms with E-state index in [4.69, 9.17) is 11.5 Å². The van der Waals surface area contributed by atoms with Crippen LogP contribution in [0.4, 0.5) is 23.3 Å². The molecule has 0 spiro atoms. The summed E-state index contributed by atoms with van der Waals surface area (Å²) < 4.78 is 0. The van der Waals surface area contributed by atoms with Crippen molar-refractivity contribution in [3.63, 3.8) is 0 Å². The van der Waals surface area contributed by atoms with E-state index in [1.54, 1.807) is 0 Å². The van der Waals surface area contributed by atoms with Gasteiger partial charge in [-0.3, -0.25) is 0 Å². The predicted octanol–water partition coefficient (Wildman–Crippen LogP) is 4.25. The Morgan fingerprint density at radius 2 is 1.07 bits per heavy atom. The van der Waals surface area contributed by atoms with Gasteiger partial charge in [0.15, 0.2) is 0 Å². The number of hydrogen-bond donors (Lipinski definition) is 4. The number of nitrogens with two attached hydrogens (primary N) is 2. The number of unbranched alkanes of at least 4 members (excludes halogenated alkanes) is 1. The third-order valence-corrected chi connectivity index (χ3v) is 4.71. The van der Waals surface area contributed by atoms with Crippen molar-refractivity contribution < 1.29 is 0 Å². The minimum absolute atomic E-state index is 0.530. The van der Waals surface area contributed by atoms with Crippen LogP contribution in [0.25, 0.3) is 21.5 Å². The molecule has 2 heterocycles. The van der Waals surface area contributed by atoms with Gasteiger partial charge in [-0.1, -0.05) is 48.5 Å². The average Bonchev–Trinajstić information content (AvgIpc) is 2.70. The Hall–Kier alpha value is -3.54. The highest BCUT2D eigenvalue weighted by Gasteiger charge is 2.05. The quantitative estimate of drug-likeness (QED) is 0.362. The molecule has 0 aliphatic heterocycles. The highest BCUT2D eigenvalue weighted by molar-refractivity contribution is 5.94. The zero-order chi connectivity index (χ0) is 19.3. The first-order valence-electron chi connectivity index (χ1n) is 9.49. The Bertz CT molecular complexity index is 1020. The second kappa shape index (κ2) is 8.00. The normalized spacial score (nSPS) is 11.0. The molecule has 28 heavy (non-hydrogen) atoms. The highest BCUT2D eigenvalue weighted by atomic mass is 15.0. The van der Waals surface area contributed by atoms with Gasteiger partial charge >= 0.3 is 0 Å². The van der Waals surface area contributed by atoms with E-state index < -0.39 is 0 Å². The predicted molar refractivity (Wildman–Crippen MR) is 119 cm³/mol. The molecular weight excluding hydrogens is 348 g/mol. The van der Waals surface area contributed by atoms with Gasteiger partial charge in [-0.25, -0.2) is 9.97 Å². The van der Waals surface area contributed by atoms with Gasteiger partial charge in [0.1, 0.15) is 23.3 Å². The van der Waals surface area contributed by atoms with E-state index in [0.29, 0.717) is 11.6 Å². The fraction of sp³-hybridized carbons (Fsp3) is 0.182. The summed E-state index contributed by atoms with van der Waals surface area (Å²) in [5.41, 5.74) is 11.8. The summed E-state index contributed by atoms with van der Waals surface area (Å²) in [5, 5.41) is 11.2. The van der Waals surface area contributed by atoms with Gasteiger partial charge in [0.2, 0.25) is 0 Å². The molecule has 2 aromatic carbocycles. The van der Waals surface area contributed by atoms with Crippen molar-refractivity contribution in [3.05, 3.63) is 60.7 Å². The van der Waals surface area contributed by atoms with Crippen LogP contribution in [0.15, 0.2) is 60.7 Å². The minimum atomic E-state index is 0.530. The van der Waals surface area contributed by atoms with E-state index in [2.05, 4.69) is 32.7 Å². The smallest absolute Gasteiger partial charge is 0.136 e. The van der Waals surface area contributed by atoms with Crippen LogP contribution in [0.5, 0.6) is 0 Å². The van der Waals surface area contributed by atoms with Gasteiger partial charge < -0.3 is 22.1 Å². The third kappa shape index (κ3) is 3.91. The largest absolute Gasteiger partial charge is 0.384 e. The zero-order valence-corrected chi connectivity index (χ0v) is 15.7. The maximum Gasteiger partial charge on any atom is 0.136 e. The molecule has 0 atom stereocenters. The number of rotatable bonds is 7. The number of anilines is 4. The molecule has 0 aliphatic rings. The molecule has 0 unspecified atom stereocenters. The Morgan fingerprint density at radius 1 is 0.643 bits per heavy atom. The number of fused-ring (bicyclic) bond motifs is 2. The molecule has 6 heteroatoms. The number of nitrogens with zero attached hydrogens (tertiary/aromatic N) is 2. The lowest BCUT2D eigenvalue weighted by Gasteiger charge is -2.11. The number of benzene rings is 2. The molecule has 0 fully saturated rings. The van der Waals surface area contributed by atoms with Crippen molar-refractivity contribution in [2.24, 2.45) is 0 Å². The van der Waals surface area contributed by atoms with E-state index in [9.17, 15) is 0 Å². The van der Waals surface area contributed by atoms with Crippen LogP contribution in [0.3, 0.4) is 0 Å². The summed E-state index contributed by atoms with van der Waals surface area (Å²) in [7, 11) is 0. The van der Waals surface area contributed by atoms with Crippen LogP contribution in [-0.2, 0) is 0 Å². The fourth-order valence-corrected chi connectivity index (χ4v) is 3.37. The average molecular weight is 372 g/mol. The van der Waals surface area contributed by atoms with E-state index in [1.165, 1.54) is 0 Å². The van der Waals surface area contributed by atoms with E-state index in [0.717, 1.165) is 59.1 Å². The van der Waals surface area contributed by atoms with Crippen LogP contribution in [0, 0.1) is 0 Å². The van der Waals surface area contributed by atoms with Crippen molar-refractivity contribution >= 4 is 44.8 Å². The summed E-state index contributed by atoms with van der Waals surface area (Å²) in [6, 6.07) is 20.0. The minimum Gasteiger partial charge on any atom is -0.384 e. The zero-order valence-electron chi connectivity index (χ0n) is 15.7. The van der Waals surface area contributed by atoms with E-state index in [1.807, 2.05) is 48.5 Å². The Morgan fingerprint density at radius 3 is 1.54 bits per heavy atom. The molecule has 142 valence electrons. The van der Waals surface area contributed by atoms with Crippen molar-refractivity contribution in [1.82, 2.24) is 9.97 Å². The standard InChI is InChI=1S/C22H24N6/c23-19-13-15-7-1-3-9-17(15)21(27-19)25-11-5-6-12-26-22-18-10-4-2-8-16(18)14-20(24)28-22/h1-4,7-10,13-14H,5-6,11-12H2,(H3,23,25,27)(H3,24,26,28). The molecule has 0 aliphatic carbocycles. The van der Waals surface area contributed by atoms with Crippen LogP contribution < -0.4 is 22.1 Å². The second-order valence-corrected chi connectivity index (χ2v) is 6.79. The summed E-state index contributed by atoms with van der Waals surface area (Å²) in [6.45, 7) is 1.65. The first-order chi connectivity index (χ1) is 13.7. The number of nitrogens with one attached hydrogen (secondary N) is 2. The van der Waals surface area contributed by atoms with Crippen LogP contribution in [0.2, 0.25) is 0 Å². The molecule has 6 nitrogen and oxygen atoms in total. The van der Waals surface area contributed by atoms with E-state index in [-0.39, 0.29) is 0 Å². The van der Waals surface area contributed by atoms with Crippen LogP contribution >= 0.6 is 0 Å². The number of aromatic nitrogens is 2. The Labute approximate surface area is 164 Å². The number of hydrogen-bond acceptors (Lipinski definition) is 6. The SMILES string of the molecule is Nc1cc2ccccc2c(NCCCCNc2nc(N)cc3ccccc23)n1. The maximum atomic E-state index is 5.92. The molecule has 0 bridgehead atoms. The summed E-state index contributed by atoms with van der Waals surface area (Å²) in [4.78, 5) is 8.88. The van der Waals surface area contributed by atoms with Gasteiger partial charge in [0, 0.05) is 23.9 Å². The Balaban J connectivity index is 1.32. The number of pyridine rings is 2. The summed E-state index contributed by atoms with van der Waals surface area (Å²) >= 11 is 0. The fourth-order valence-electron chi connectivity index (χ4n) is 3.37. The van der Waals surface area contributed by atoms with Crippen molar-refractivity contribution in [3.8, 4) is 0 Å². The van der Waals surface area contributed by atoms with Gasteiger partial charge in [0.25, 0.3) is 0 Å². The molecule has 2 aromatic heterocycles. The van der Waals surface area contributed by atoms with Crippen LogP contribution in [-0.4, -0.2) is 23.1 Å². The van der Waals surface area contributed by atoms with Crippen LogP contribution in [0.1, 0.15) is 12.8 Å². The lowest BCUT2D eigenvalue weighted by atomic mass is 10.1. The topological polar surface area (TPSA) is 102 Å². The molecule has 0 saturated carbocycles. The first-order valence-corrected chi connectivity index (χ1v) is 9.49. The van der Waals surface area contributed by atoms with Crippen molar-refractivity contribution in [2.75, 3.05) is 35.2 Å². The number of nitrogen functional groups attached to an aromatic ring is 2. The van der Waals surface area contributed by atoms with Crippen molar-refractivity contribution in [2.45, 2.75) is 12.8 Å². The lowest BCUT2D eigenvalue weighted by molar-refractivity contribution is 0.793. The molecule has 4 aromatic rings. The molecule has 4 rings (SSSR count). The first kappa shape index (κ1) is 17.9. The maximum absolute atomic E-state index is 5.92. The van der Waals surface area contributed by atoms with E-state index >= 15 is 0 Å². The lowest BCUT2D eigenvalue weighted by Crippen LogP contribution is -2.09.